The van der Waals surface area contributed by atoms with Crippen molar-refractivity contribution >= 4 is 27.3 Å². The van der Waals surface area contributed by atoms with Gasteiger partial charge in [-0.15, -0.1) is 5.10 Å². The zero-order valence-corrected chi connectivity index (χ0v) is 17.8. The van der Waals surface area contributed by atoms with Gasteiger partial charge >= 0.3 is 0 Å². The largest absolute Gasteiger partial charge is 0.349 e. The molecule has 0 aromatic carbocycles. The van der Waals surface area contributed by atoms with Crippen LogP contribution in [-0.2, 0) is 0 Å². The average molecular weight is 420 g/mol. The molecule has 4 rings (SSSR count). The SMILES string of the molecule is CN1CCN(CCNC(=O)c2cc(=O)nc3sc(N4CCCCCC4)nn23)CC1. The Labute approximate surface area is 174 Å². The molecule has 4 heterocycles. The lowest BCUT2D eigenvalue weighted by Crippen LogP contribution is -2.47. The van der Waals surface area contributed by atoms with Crippen molar-refractivity contribution in [2.45, 2.75) is 25.7 Å². The van der Waals surface area contributed by atoms with Crippen LogP contribution in [0.1, 0.15) is 36.2 Å². The Morgan fingerprint density at radius 1 is 1.10 bits per heavy atom. The highest BCUT2D eigenvalue weighted by molar-refractivity contribution is 7.20. The maximum Gasteiger partial charge on any atom is 0.274 e. The highest BCUT2D eigenvalue weighted by atomic mass is 32.1. The fourth-order valence-electron chi connectivity index (χ4n) is 3.85. The molecule has 9 nitrogen and oxygen atoms in total. The molecule has 0 bridgehead atoms. The molecule has 2 aromatic heterocycles. The molecule has 2 aromatic rings. The Balaban J connectivity index is 1.45. The summed E-state index contributed by atoms with van der Waals surface area (Å²) in [7, 11) is 2.12. The zero-order chi connectivity index (χ0) is 20.2. The quantitative estimate of drug-likeness (QED) is 0.756. The molecule has 1 N–H and O–H groups in total. The summed E-state index contributed by atoms with van der Waals surface area (Å²) in [6, 6.07) is 1.28. The highest BCUT2D eigenvalue weighted by Crippen LogP contribution is 2.25. The Kier molecular flexibility index (Phi) is 6.41. The van der Waals surface area contributed by atoms with Crippen LogP contribution in [0, 0.1) is 0 Å². The molecule has 0 aliphatic carbocycles. The summed E-state index contributed by atoms with van der Waals surface area (Å²) >= 11 is 1.38. The van der Waals surface area contributed by atoms with E-state index in [1.165, 1.54) is 34.8 Å². The number of amides is 1. The van der Waals surface area contributed by atoms with Crippen molar-refractivity contribution in [2.24, 2.45) is 0 Å². The van der Waals surface area contributed by atoms with E-state index in [2.05, 4.69) is 37.1 Å². The minimum Gasteiger partial charge on any atom is -0.349 e. The second-order valence-electron chi connectivity index (χ2n) is 7.86. The van der Waals surface area contributed by atoms with Crippen LogP contribution in [0.25, 0.3) is 4.96 Å². The van der Waals surface area contributed by atoms with Gasteiger partial charge in [0.15, 0.2) is 0 Å². The third kappa shape index (κ3) is 4.93. The number of likely N-dealkylation sites (N-methyl/N-ethyl adjacent to an activating group) is 1. The van der Waals surface area contributed by atoms with E-state index < -0.39 is 5.56 Å². The van der Waals surface area contributed by atoms with Gasteiger partial charge in [0, 0.05) is 58.4 Å². The molecule has 158 valence electrons. The first kappa shape index (κ1) is 20.2. The van der Waals surface area contributed by atoms with Crippen molar-refractivity contribution in [3.05, 3.63) is 22.1 Å². The van der Waals surface area contributed by atoms with Crippen molar-refractivity contribution < 1.29 is 4.79 Å². The van der Waals surface area contributed by atoms with Crippen LogP contribution in [0.4, 0.5) is 5.13 Å². The van der Waals surface area contributed by atoms with Gasteiger partial charge in [0.05, 0.1) is 0 Å². The van der Waals surface area contributed by atoms with Crippen LogP contribution in [0.15, 0.2) is 10.9 Å². The van der Waals surface area contributed by atoms with E-state index in [-0.39, 0.29) is 11.6 Å². The summed E-state index contributed by atoms with van der Waals surface area (Å²) in [5, 5.41) is 8.40. The maximum absolute atomic E-state index is 12.8. The van der Waals surface area contributed by atoms with Crippen LogP contribution in [0.5, 0.6) is 0 Å². The number of carbonyl (C=O) groups excluding carboxylic acids is 1. The Morgan fingerprint density at radius 3 is 2.55 bits per heavy atom. The van der Waals surface area contributed by atoms with Gasteiger partial charge in [0.2, 0.25) is 10.1 Å². The zero-order valence-electron chi connectivity index (χ0n) is 17.0. The monoisotopic (exact) mass is 419 g/mol. The Morgan fingerprint density at radius 2 is 1.83 bits per heavy atom. The molecule has 29 heavy (non-hydrogen) atoms. The number of hydrogen-bond acceptors (Lipinski definition) is 8. The average Bonchev–Trinajstić information content (AvgIpc) is 2.94. The van der Waals surface area contributed by atoms with Crippen molar-refractivity contribution in [1.29, 1.82) is 0 Å². The summed E-state index contributed by atoms with van der Waals surface area (Å²) < 4.78 is 1.53. The van der Waals surface area contributed by atoms with E-state index >= 15 is 0 Å². The van der Waals surface area contributed by atoms with Gasteiger partial charge in [-0.2, -0.15) is 9.50 Å². The molecule has 0 radical (unpaired) electrons. The van der Waals surface area contributed by atoms with E-state index in [1.54, 1.807) is 0 Å². The topological polar surface area (TPSA) is 86.1 Å². The second kappa shape index (κ2) is 9.19. The van der Waals surface area contributed by atoms with Crippen molar-refractivity contribution in [2.75, 3.05) is 64.3 Å². The fraction of sp³-hybridized carbons (Fsp3) is 0.684. The number of carbonyl (C=O) groups is 1. The van der Waals surface area contributed by atoms with Crippen LogP contribution in [0.2, 0.25) is 0 Å². The Hall–Kier alpha value is -2.04. The van der Waals surface area contributed by atoms with E-state index in [0.717, 1.165) is 63.8 Å². The normalized spacial score (nSPS) is 19.4. The van der Waals surface area contributed by atoms with Gasteiger partial charge < -0.3 is 15.1 Å². The molecule has 2 saturated heterocycles. The van der Waals surface area contributed by atoms with Crippen LogP contribution in [0.3, 0.4) is 0 Å². The van der Waals surface area contributed by atoms with E-state index in [0.29, 0.717) is 11.5 Å². The minimum absolute atomic E-state index is 0.260. The summed E-state index contributed by atoms with van der Waals surface area (Å²) in [6.07, 6.45) is 4.75. The lowest BCUT2D eigenvalue weighted by Gasteiger charge is -2.32. The lowest BCUT2D eigenvalue weighted by atomic mass is 10.2. The molecule has 2 aliphatic heterocycles. The van der Waals surface area contributed by atoms with E-state index in [9.17, 15) is 9.59 Å². The standard InChI is InChI=1S/C19H29N7O2S/c1-23-10-12-24(13-11-23)9-6-20-17(28)15-14-16(27)21-18-26(15)22-19(29-18)25-7-4-2-3-5-8-25/h14H,2-13H2,1H3,(H,20,28). The molecule has 0 saturated carbocycles. The lowest BCUT2D eigenvalue weighted by molar-refractivity contribution is 0.0933. The number of hydrogen-bond donors (Lipinski definition) is 1. The van der Waals surface area contributed by atoms with Crippen molar-refractivity contribution in [1.82, 2.24) is 29.7 Å². The molecule has 1 amide bonds. The molecule has 0 spiro atoms. The maximum atomic E-state index is 12.8. The van der Waals surface area contributed by atoms with Crippen LogP contribution in [-0.4, -0.2) is 89.7 Å². The van der Waals surface area contributed by atoms with Crippen molar-refractivity contribution in [3.63, 3.8) is 0 Å². The number of anilines is 1. The van der Waals surface area contributed by atoms with E-state index in [4.69, 9.17) is 0 Å². The summed E-state index contributed by atoms with van der Waals surface area (Å²) in [6.45, 7) is 7.38. The number of nitrogens with one attached hydrogen (secondary N) is 1. The Bertz CT molecular complexity index is 896. The van der Waals surface area contributed by atoms with Gasteiger partial charge in [-0.3, -0.25) is 14.5 Å². The predicted octanol–water partition coefficient (Wildman–Crippen LogP) is 0.509. The first-order chi connectivity index (χ1) is 14.1. The molecule has 0 atom stereocenters. The molecular formula is C19H29N7O2S. The smallest absolute Gasteiger partial charge is 0.274 e. The number of fused-ring (bicyclic) bond motifs is 1. The fourth-order valence-corrected chi connectivity index (χ4v) is 4.81. The number of aromatic nitrogens is 3. The first-order valence-corrected chi connectivity index (χ1v) is 11.3. The first-order valence-electron chi connectivity index (χ1n) is 10.4. The highest BCUT2D eigenvalue weighted by Gasteiger charge is 2.20. The molecular weight excluding hydrogens is 390 g/mol. The van der Waals surface area contributed by atoms with Gasteiger partial charge in [-0.25, -0.2) is 0 Å². The van der Waals surface area contributed by atoms with Gasteiger partial charge in [-0.05, 0) is 19.9 Å². The molecule has 0 unspecified atom stereocenters. The summed E-state index contributed by atoms with van der Waals surface area (Å²) in [4.78, 5) is 36.2. The third-order valence-electron chi connectivity index (χ3n) is 5.66. The van der Waals surface area contributed by atoms with Gasteiger partial charge in [-0.1, -0.05) is 24.2 Å². The molecule has 2 aliphatic rings. The number of nitrogens with zero attached hydrogens (tertiary/aromatic N) is 6. The third-order valence-corrected chi connectivity index (χ3v) is 6.63. The summed E-state index contributed by atoms with van der Waals surface area (Å²) in [5.41, 5.74) is -0.143. The number of rotatable bonds is 5. The van der Waals surface area contributed by atoms with Crippen LogP contribution < -0.4 is 15.8 Å². The van der Waals surface area contributed by atoms with Gasteiger partial charge in [0.1, 0.15) is 5.69 Å². The summed E-state index contributed by atoms with van der Waals surface area (Å²) in [5.74, 6) is -0.277. The van der Waals surface area contributed by atoms with E-state index in [1.807, 2.05) is 0 Å². The predicted molar refractivity (Wildman–Crippen MR) is 114 cm³/mol. The molecule has 10 heteroatoms. The number of piperazine rings is 1. The van der Waals surface area contributed by atoms with Gasteiger partial charge in [0.25, 0.3) is 11.5 Å². The minimum atomic E-state index is -0.403. The second-order valence-corrected chi connectivity index (χ2v) is 8.80. The molecule has 2 fully saturated rings. The van der Waals surface area contributed by atoms with Crippen LogP contribution >= 0.6 is 11.3 Å². The van der Waals surface area contributed by atoms with Crippen molar-refractivity contribution in [3.8, 4) is 0 Å².